The molecule has 2 fully saturated rings. The average molecular weight is 373 g/mol. The monoisotopic (exact) mass is 373 g/mol. The lowest BCUT2D eigenvalue weighted by molar-refractivity contribution is 0.0635. The van der Waals surface area contributed by atoms with E-state index >= 15 is 0 Å². The number of piperidine rings is 1. The number of aromatic nitrogens is 4. The van der Waals surface area contributed by atoms with Crippen LogP contribution in [-0.4, -0.2) is 57.0 Å². The predicted octanol–water partition coefficient (Wildman–Crippen LogP) is 2.37. The molecule has 2 aromatic heterocycles. The smallest absolute Gasteiger partial charge is 0.274 e. The zero-order valence-corrected chi connectivity index (χ0v) is 16.1. The Balaban J connectivity index is 1.49. The van der Waals surface area contributed by atoms with Gasteiger partial charge in [-0.3, -0.25) is 9.48 Å². The number of amides is 1. The summed E-state index contributed by atoms with van der Waals surface area (Å²) in [6.07, 6.45) is 5.53. The minimum atomic E-state index is -0.297. The van der Waals surface area contributed by atoms with Crippen LogP contribution in [0.25, 0.3) is 0 Å². The van der Waals surface area contributed by atoms with Gasteiger partial charge in [0.25, 0.3) is 5.91 Å². The summed E-state index contributed by atoms with van der Waals surface area (Å²) in [5.74, 6) is 1.67. The molecule has 0 bridgehead atoms. The first-order chi connectivity index (χ1) is 13.1. The Kier molecular flexibility index (Phi) is 4.99. The van der Waals surface area contributed by atoms with Gasteiger partial charge in [-0.1, -0.05) is 12.1 Å². The molecule has 0 aromatic carbocycles. The van der Waals surface area contributed by atoms with Crippen LogP contribution >= 0.6 is 0 Å². The number of aryl methyl sites for hydroxylation is 1. The van der Waals surface area contributed by atoms with E-state index in [0.29, 0.717) is 24.0 Å². The third-order valence-corrected chi connectivity index (χ3v) is 5.72. The van der Waals surface area contributed by atoms with Crippen LogP contribution in [0, 0.1) is 0 Å². The van der Waals surface area contributed by atoms with Crippen molar-refractivity contribution >= 4 is 5.91 Å². The highest BCUT2D eigenvalue weighted by Crippen LogP contribution is 2.34. The molecule has 2 saturated heterocycles. The van der Waals surface area contributed by atoms with E-state index in [4.69, 9.17) is 14.2 Å². The first-order valence-electron chi connectivity index (χ1n) is 9.83. The fourth-order valence-corrected chi connectivity index (χ4v) is 4.00. The molecule has 0 spiro atoms. The van der Waals surface area contributed by atoms with Crippen molar-refractivity contribution in [2.24, 2.45) is 0 Å². The molecule has 0 N–H and O–H groups in total. The number of carbonyl (C=O) groups is 1. The van der Waals surface area contributed by atoms with Crippen molar-refractivity contribution in [2.45, 2.75) is 57.4 Å². The molecule has 0 saturated carbocycles. The van der Waals surface area contributed by atoms with Crippen molar-refractivity contribution in [3.8, 4) is 0 Å². The molecular weight excluding hydrogens is 346 g/mol. The predicted molar refractivity (Wildman–Crippen MR) is 97.5 cm³/mol. The molecule has 2 aliphatic heterocycles. The molecule has 146 valence electrons. The average Bonchev–Trinajstić information content (AvgIpc) is 3.38. The minimum absolute atomic E-state index is 0.0266. The van der Waals surface area contributed by atoms with E-state index in [0.717, 1.165) is 52.0 Å². The SMILES string of the molecule is CCn1ccc(C(=O)N2CCCC(C)(c3noc(C4CCOCC4)n3)C2)n1. The number of likely N-dealkylation sites (tertiary alicyclic amines) is 1. The number of nitrogens with zero attached hydrogens (tertiary/aromatic N) is 5. The summed E-state index contributed by atoms with van der Waals surface area (Å²) in [6, 6.07) is 1.79. The number of ether oxygens (including phenoxy) is 1. The van der Waals surface area contributed by atoms with Gasteiger partial charge in [-0.2, -0.15) is 10.1 Å². The third-order valence-electron chi connectivity index (χ3n) is 5.72. The molecule has 2 aliphatic rings. The highest BCUT2D eigenvalue weighted by atomic mass is 16.5. The molecule has 1 unspecified atom stereocenters. The van der Waals surface area contributed by atoms with Crippen LogP contribution in [0.5, 0.6) is 0 Å². The van der Waals surface area contributed by atoms with Crippen LogP contribution in [0.15, 0.2) is 16.8 Å². The van der Waals surface area contributed by atoms with Gasteiger partial charge in [-0.15, -0.1) is 0 Å². The van der Waals surface area contributed by atoms with Crippen LogP contribution in [0.3, 0.4) is 0 Å². The van der Waals surface area contributed by atoms with Crippen LogP contribution in [0.4, 0.5) is 0 Å². The van der Waals surface area contributed by atoms with E-state index in [1.807, 2.05) is 18.0 Å². The first kappa shape index (κ1) is 18.2. The molecule has 0 aliphatic carbocycles. The zero-order valence-electron chi connectivity index (χ0n) is 16.1. The summed E-state index contributed by atoms with van der Waals surface area (Å²) in [6.45, 7) is 7.68. The van der Waals surface area contributed by atoms with Gasteiger partial charge in [0.15, 0.2) is 5.82 Å². The lowest BCUT2D eigenvalue weighted by Crippen LogP contribution is -2.47. The zero-order chi connectivity index (χ0) is 18.9. The highest BCUT2D eigenvalue weighted by Gasteiger charge is 2.39. The Hall–Kier alpha value is -2.22. The van der Waals surface area contributed by atoms with Crippen LogP contribution < -0.4 is 0 Å². The number of hydrogen-bond acceptors (Lipinski definition) is 6. The summed E-state index contributed by atoms with van der Waals surface area (Å²) >= 11 is 0. The van der Waals surface area contributed by atoms with Gasteiger partial charge < -0.3 is 14.2 Å². The summed E-state index contributed by atoms with van der Waals surface area (Å²) < 4.78 is 12.8. The van der Waals surface area contributed by atoms with Gasteiger partial charge in [0.05, 0.1) is 0 Å². The summed E-state index contributed by atoms with van der Waals surface area (Å²) in [4.78, 5) is 19.5. The summed E-state index contributed by atoms with van der Waals surface area (Å²) in [5, 5.41) is 8.64. The lowest BCUT2D eigenvalue weighted by atomic mass is 9.81. The van der Waals surface area contributed by atoms with Crippen molar-refractivity contribution in [1.29, 1.82) is 0 Å². The second-order valence-corrected chi connectivity index (χ2v) is 7.79. The van der Waals surface area contributed by atoms with Gasteiger partial charge in [0.2, 0.25) is 5.89 Å². The maximum atomic E-state index is 12.9. The third kappa shape index (κ3) is 3.63. The number of rotatable bonds is 4. The minimum Gasteiger partial charge on any atom is -0.381 e. The van der Waals surface area contributed by atoms with Gasteiger partial charge in [0.1, 0.15) is 5.69 Å². The standard InChI is InChI=1S/C19H27N5O3/c1-3-24-10-5-15(21-24)17(25)23-9-4-8-19(2,13-23)18-20-16(27-22-18)14-6-11-26-12-7-14/h5,10,14H,3-4,6-9,11-13H2,1-2H3. The molecule has 1 amide bonds. The Bertz CT molecular complexity index is 795. The van der Waals surface area contributed by atoms with Crippen LogP contribution in [0.2, 0.25) is 0 Å². The van der Waals surface area contributed by atoms with E-state index < -0.39 is 0 Å². The second-order valence-electron chi connectivity index (χ2n) is 7.79. The van der Waals surface area contributed by atoms with Crippen molar-refractivity contribution in [3.63, 3.8) is 0 Å². The Morgan fingerprint density at radius 1 is 1.37 bits per heavy atom. The Morgan fingerprint density at radius 3 is 2.93 bits per heavy atom. The van der Waals surface area contributed by atoms with Crippen LogP contribution in [-0.2, 0) is 16.7 Å². The quantitative estimate of drug-likeness (QED) is 0.818. The normalized spacial score (nSPS) is 24.3. The van der Waals surface area contributed by atoms with Gasteiger partial charge in [-0.05, 0) is 38.7 Å². The van der Waals surface area contributed by atoms with E-state index in [1.54, 1.807) is 10.7 Å². The van der Waals surface area contributed by atoms with E-state index in [1.165, 1.54) is 0 Å². The molecule has 4 rings (SSSR count). The topological polar surface area (TPSA) is 86.3 Å². The van der Waals surface area contributed by atoms with Crippen molar-refractivity contribution < 1.29 is 14.1 Å². The van der Waals surface area contributed by atoms with Gasteiger partial charge in [0, 0.05) is 50.4 Å². The highest BCUT2D eigenvalue weighted by molar-refractivity contribution is 5.92. The Morgan fingerprint density at radius 2 is 2.19 bits per heavy atom. The van der Waals surface area contributed by atoms with E-state index in [2.05, 4.69) is 17.2 Å². The maximum absolute atomic E-state index is 12.9. The largest absolute Gasteiger partial charge is 0.381 e. The van der Waals surface area contributed by atoms with Crippen molar-refractivity contribution in [1.82, 2.24) is 24.8 Å². The fraction of sp³-hybridized carbons (Fsp3) is 0.684. The molecule has 0 radical (unpaired) electrons. The van der Waals surface area contributed by atoms with Crippen molar-refractivity contribution in [2.75, 3.05) is 26.3 Å². The lowest BCUT2D eigenvalue weighted by Gasteiger charge is -2.38. The fourth-order valence-electron chi connectivity index (χ4n) is 4.00. The molecule has 8 heteroatoms. The number of hydrogen-bond donors (Lipinski definition) is 0. The van der Waals surface area contributed by atoms with Gasteiger partial charge in [-0.25, -0.2) is 0 Å². The molecule has 27 heavy (non-hydrogen) atoms. The first-order valence-corrected chi connectivity index (χ1v) is 9.83. The summed E-state index contributed by atoms with van der Waals surface area (Å²) in [5.41, 5.74) is 0.200. The molecule has 2 aromatic rings. The molecule has 8 nitrogen and oxygen atoms in total. The van der Waals surface area contributed by atoms with Crippen LogP contribution in [0.1, 0.15) is 67.7 Å². The van der Waals surface area contributed by atoms with E-state index in [-0.39, 0.29) is 17.2 Å². The van der Waals surface area contributed by atoms with E-state index in [9.17, 15) is 4.79 Å². The van der Waals surface area contributed by atoms with Gasteiger partial charge >= 0.3 is 0 Å². The number of carbonyl (C=O) groups excluding carboxylic acids is 1. The second kappa shape index (κ2) is 7.42. The molecule has 4 heterocycles. The maximum Gasteiger partial charge on any atom is 0.274 e. The van der Waals surface area contributed by atoms with Crippen molar-refractivity contribution in [3.05, 3.63) is 29.7 Å². The Labute approximate surface area is 158 Å². The molecular formula is C19H27N5O3. The molecule has 1 atom stereocenters. The summed E-state index contributed by atoms with van der Waals surface area (Å²) in [7, 11) is 0.